The predicted octanol–water partition coefficient (Wildman–Crippen LogP) is 9.03. The normalized spacial score (nSPS) is 13.1. The van der Waals surface area contributed by atoms with Gasteiger partial charge in [0.25, 0.3) is 0 Å². The van der Waals surface area contributed by atoms with Crippen LogP contribution in [0.2, 0.25) is 10.0 Å². The minimum atomic E-state index is -4.06. The van der Waals surface area contributed by atoms with E-state index in [1.165, 1.54) is 63.5 Å². The van der Waals surface area contributed by atoms with E-state index in [0.29, 0.717) is 18.0 Å². The number of rotatable bonds is 20. The van der Waals surface area contributed by atoms with E-state index in [0.717, 1.165) is 25.7 Å². The fraction of sp³-hybridized carbons (Fsp3) is 0.581. The van der Waals surface area contributed by atoms with Gasteiger partial charge in [-0.1, -0.05) is 132 Å². The first-order chi connectivity index (χ1) is 19.2. The molecule has 0 fully saturated rings. The molecule has 2 aromatic carbocycles. The molecule has 224 valence electrons. The number of hydrogen-bond acceptors (Lipinski definition) is 4. The molecule has 2 unspecified atom stereocenters. The van der Waals surface area contributed by atoms with Gasteiger partial charge in [0.15, 0.2) is 5.75 Å². The van der Waals surface area contributed by atoms with Crippen LogP contribution in [0.5, 0.6) is 5.75 Å². The second kappa shape index (κ2) is 18.5. The van der Waals surface area contributed by atoms with Crippen LogP contribution in [0.1, 0.15) is 108 Å². The van der Waals surface area contributed by atoms with Gasteiger partial charge in [0.05, 0.1) is 15.7 Å². The standard InChI is InChI=1S/C31H46Cl2N2O4S/c1-3-5-7-9-10-13-17-24(16-12-8-6-4-2)23-34-30(36)22-29(25-18-14-11-15-19-25)40(38,39)35-26-20-27(32)31(37)28(33)21-26/h11,14-15,18-21,24,29,35,37H,3-10,12-13,16-17,22-23H2,1-2H3,(H,34,36). The van der Waals surface area contributed by atoms with Gasteiger partial charge >= 0.3 is 0 Å². The molecular weight excluding hydrogens is 567 g/mol. The van der Waals surface area contributed by atoms with E-state index in [1.54, 1.807) is 30.3 Å². The lowest BCUT2D eigenvalue weighted by molar-refractivity contribution is -0.121. The first-order valence-corrected chi connectivity index (χ1v) is 17.0. The summed E-state index contributed by atoms with van der Waals surface area (Å²) in [6, 6.07) is 11.3. The number of sulfonamides is 1. The Balaban J connectivity index is 2.07. The number of carbonyl (C=O) groups excluding carboxylic acids is 1. The number of phenolic OH excluding ortho intramolecular Hbond substituents is 1. The van der Waals surface area contributed by atoms with Gasteiger partial charge < -0.3 is 10.4 Å². The van der Waals surface area contributed by atoms with Crippen LogP contribution in [0.15, 0.2) is 42.5 Å². The molecule has 0 aliphatic rings. The van der Waals surface area contributed by atoms with E-state index in [9.17, 15) is 18.3 Å². The number of hydrogen-bond donors (Lipinski definition) is 3. The average molecular weight is 614 g/mol. The quantitative estimate of drug-likeness (QED) is 0.103. The van der Waals surface area contributed by atoms with E-state index in [-0.39, 0.29) is 33.8 Å². The molecule has 0 radical (unpaired) electrons. The Kier molecular flexibility index (Phi) is 15.8. The summed E-state index contributed by atoms with van der Waals surface area (Å²) in [5.41, 5.74) is 0.615. The van der Waals surface area contributed by atoms with Crippen LogP contribution in [-0.2, 0) is 14.8 Å². The number of benzene rings is 2. The summed E-state index contributed by atoms with van der Waals surface area (Å²) >= 11 is 12.0. The van der Waals surface area contributed by atoms with E-state index in [2.05, 4.69) is 23.9 Å². The number of halogens is 2. The monoisotopic (exact) mass is 612 g/mol. The molecule has 0 aliphatic carbocycles. The third-order valence-electron chi connectivity index (χ3n) is 7.21. The van der Waals surface area contributed by atoms with Gasteiger partial charge in [0.2, 0.25) is 15.9 Å². The molecule has 1 amide bonds. The zero-order chi connectivity index (χ0) is 29.4. The van der Waals surface area contributed by atoms with Crippen LogP contribution in [0, 0.1) is 5.92 Å². The first-order valence-electron chi connectivity index (χ1n) is 14.7. The summed E-state index contributed by atoms with van der Waals surface area (Å²) in [6.45, 7) is 4.97. The highest BCUT2D eigenvalue weighted by Gasteiger charge is 2.30. The second-order valence-electron chi connectivity index (χ2n) is 10.6. The summed E-state index contributed by atoms with van der Waals surface area (Å²) in [5, 5.41) is 11.6. The lowest BCUT2D eigenvalue weighted by Gasteiger charge is -2.21. The summed E-state index contributed by atoms with van der Waals surface area (Å²) in [5.74, 6) is -0.240. The van der Waals surface area contributed by atoms with Crippen molar-refractivity contribution in [1.29, 1.82) is 0 Å². The van der Waals surface area contributed by atoms with Crippen molar-refractivity contribution in [1.82, 2.24) is 5.32 Å². The van der Waals surface area contributed by atoms with Crippen LogP contribution in [-0.4, -0.2) is 26.0 Å². The maximum Gasteiger partial charge on any atom is 0.240 e. The van der Waals surface area contributed by atoms with Crippen molar-refractivity contribution in [2.45, 2.75) is 103 Å². The molecule has 0 aromatic heterocycles. The molecular formula is C31H46Cl2N2O4S. The Labute approximate surface area is 251 Å². The number of phenols is 1. The molecule has 0 aliphatic heterocycles. The Bertz CT molecular complexity index is 1110. The average Bonchev–Trinajstić information content (AvgIpc) is 2.92. The molecule has 0 bridgehead atoms. The fourth-order valence-corrected chi connectivity index (χ4v) is 6.82. The Morgan fingerprint density at radius 3 is 1.95 bits per heavy atom. The largest absolute Gasteiger partial charge is 0.505 e. The highest BCUT2D eigenvalue weighted by Crippen LogP contribution is 2.36. The topological polar surface area (TPSA) is 95.5 Å². The van der Waals surface area contributed by atoms with E-state index in [1.807, 2.05) is 0 Å². The Morgan fingerprint density at radius 2 is 1.38 bits per heavy atom. The SMILES string of the molecule is CCCCCCCCC(CCCCCC)CNC(=O)CC(c1ccccc1)S(=O)(=O)Nc1cc(Cl)c(O)c(Cl)c1. The first kappa shape index (κ1) is 34.2. The smallest absolute Gasteiger partial charge is 0.240 e. The van der Waals surface area contributed by atoms with Crippen molar-refractivity contribution < 1.29 is 18.3 Å². The molecule has 2 atom stereocenters. The van der Waals surface area contributed by atoms with Crippen LogP contribution < -0.4 is 10.0 Å². The summed E-state index contributed by atoms with van der Waals surface area (Å²) < 4.78 is 29.5. The Morgan fingerprint density at radius 1 is 0.850 bits per heavy atom. The van der Waals surface area contributed by atoms with Crippen molar-refractivity contribution in [2.24, 2.45) is 5.92 Å². The molecule has 0 saturated heterocycles. The van der Waals surface area contributed by atoms with E-state index >= 15 is 0 Å². The van der Waals surface area contributed by atoms with Crippen LogP contribution in [0.4, 0.5) is 5.69 Å². The lowest BCUT2D eigenvalue weighted by atomic mass is 9.94. The molecule has 40 heavy (non-hydrogen) atoms. The van der Waals surface area contributed by atoms with Gasteiger partial charge in [-0.25, -0.2) is 8.42 Å². The third-order valence-corrected chi connectivity index (χ3v) is 9.50. The molecule has 2 aromatic rings. The predicted molar refractivity (Wildman–Crippen MR) is 168 cm³/mol. The maximum atomic E-state index is 13.5. The van der Waals surface area contributed by atoms with Crippen LogP contribution >= 0.6 is 23.2 Å². The molecule has 0 spiro atoms. The summed E-state index contributed by atoms with van der Waals surface area (Å²) in [4.78, 5) is 13.1. The van der Waals surface area contributed by atoms with Crippen molar-refractivity contribution in [3.8, 4) is 5.75 Å². The highest BCUT2D eigenvalue weighted by atomic mass is 35.5. The zero-order valence-electron chi connectivity index (χ0n) is 23.9. The molecule has 9 heteroatoms. The lowest BCUT2D eigenvalue weighted by Crippen LogP contribution is -2.33. The van der Waals surface area contributed by atoms with Crippen molar-refractivity contribution >= 4 is 44.8 Å². The number of carbonyl (C=O) groups is 1. The summed E-state index contributed by atoms with van der Waals surface area (Å²) in [6.07, 6.45) is 14.1. The highest BCUT2D eigenvalue weighted by molar-refractivity contribution is 7.93. The van der Waals surface area contributed by atoms with Crippen molar-refractivity contribution in [3.05, 3.63) is 58.1 Å². The maximum absolute atomic E-state index is 13.5. The van der Waals surface area contributed by atoms with Gasteiger partial charge in [-0.3, -0.25) is 9.52 Å². The number of amides is 1. The van der Waals surface area contributed by atoms with Crippen molar-refractivity contribution in [2.75, 3.05) is 11.3 Å². The molecule has 2 rings (SSSR count). The van der Waals surface area contributed by atoms with Gasteiger partial charge in [-0.05, 0) is 36.5 Å². The fourth-order valence-electron chi connectivity index (χ4n) is 4.85. The third kappa shape index (κ3) is 12.3. The minimum Gasteiger partial charge on any atom is -0.505 e. The van der Waals surface area contributed by atoms with E-state index in [4.69, 9.17) is 23.2 Å². The number of anilines is 1. The molecule has 0 heterocycles. The van der Waals surface area contributed by atoms with E-state index < -0.39 is 15.3 Å². The zero-order valence-corrected chi connectivity index (χ0v) is 26.3. The number of aromatic hydroxyl groups is 1. The van der Waals surface area contributed by atoms with Gasteiger partial charge in [-0.15, -0.1) is 0 Å². The van der Waals surface area contributed by atoms with Crippen LogP contribution in [0.25, 0.3) is 0 Å². The number of nitrogens with one attached hydrogen (secondary N) is 2. The second-order valence-corrected chi connectivity index (χ2v) is 13.3. The summed E-state index contributed by atoms with van der Waals surface area (Å²) in [7, 11) is -4.06. The van der Waals surface area contributed by atoms with Gasteiger partial charge in [0.1, 0.15) is 5.25 Å². The van der Waals surface area contributed by atoms with Gasteiger partial charge in [-0.2, -0.15) is 0 Å². The molecule has 6 nitrogen and oxygen atoms in total. The molecule has 3 N–H and O–H groups in total. The van der Waals surface area contributed by atoms with Crippen LogP contribution in [0.3, 0.4) is 0 Å². The Hall–Kier alpha value is -1.96. The van der Waals surface area contributed by atoms with Gasteiger partial charge in [0, 0.05) is 13.0 Å². The number of unbranched alkanes of at least 4 members (excludes halogenated alkanes) is 8. The minimum absolute atomic E-state index is 0.0745. The van der Waals surface area contributed by atoms with Crippen molar-refractivity contribution in [3.63, 3.8) is 0 Å². The molecule has 0 saturated carbocycles.